The molecule has 1 heterocycles. The molecule has 0 atom stereocenters. The van der Waals surface area contributed by atoms with Crippen LogP contribution in [0.3, 0.4) is 0 Å². The molecule has 4 heteroatoms. The van der Waals surface area contributed by atoms with E-state index in [4.69, 9.17) is 21.1 Å². The Balaban J connectivity index is 1.68. The van der Waals surface area contributed by atoms with E-state index in [1.807, 2.05) is 25.1 Å². The monoisotopic (exact) mass is 270 g/mol. The summed E-state index contributed by atoms with van der Waals surface area (Å²) in [5, 5.41) is 0.762. The van der Waals surface area contributed by atoms with Crippen LogP contribution in [0.2, 0.25) is 5.02 Å². The number of hydrogen-bond donors (Lipinski definition) is 1. The van der Waals surface area contributed by atoms with Crippen LogP contribution in [0.5, 0.6) is 5.75 Å². The Labute approximate surface area is 114 Å². The van der Waals surface area contributed by atoms with E-state index in [0.717, 1.165) is 62.2 Å². The lowest BCUT2D eigenvalue weighted by Gasteiger charge is -2.23. The lowest BCUT2D eigenvalue weighted by molar-refractivity contribution is -0.908. The average molecular weight is 271 g/mol. The zero-order chi connectivity index (χ0) is 12.8. The van der Waals surface area contributed by atoms with E-state index in [1.54, 1.807) is 4.90 Å². The van der Waals surface area contributed by atoms with Gasteiger partial charge in [-0.05, 0) is 30.7 Å². The molecule has 0 bridgehead atoms. The first-order chi connectivity index (χ1) is 8.75. The molecule has 3 nitrogen and oxygen atoms in total. The molecule has 2 rings (SSSR count). The third-order valence-corrected chi connectivity index (χ3v) is 3.50. The number of halogens is 1. The smallest absolute Gasteiger partial charge is 0.122 e. The normalized spacial score (nSPS) is 16.8. The van der Waals surface area contributed by atoms with Gasteiger partial charge in [0.15, 0.2) is 0 Å². The summed E-state index contributed by atoms with van der Waals surface area (Å²) in [6.45, 7) is 8.00. The SMILES string of the molecule is Cc1cc(Cl)ccc1OCCC[NH+]1CCOCC1. The number of rotatable bonds is 5. The van der Waals surface area contributed by atoms with Crippen molar-refractivity contribution in [2.24, 2.45) is 0 Å². The summed E-state index contributed by atoms with van der Waals surface area (Å²) < 4.78 is 11.1. The zero-order valence-corrected chi connectivity index (χ0v) is 11.6. The van der Waals surface area contributed by atoms with Gasteiger partial charge in [-0.25, -0.2) is 0 Å². The molecule has 1 fully saturated rings. The molecule has 0 unspecified atom stereocenters. The van der Waals surface area contributed by atoms with E-state index < -0.39 is 0 Å². The molecule has 100 valence electrons. The maximum Gasteiger partial charge on any atom is 0.122 e. The topological polar surface area (TPSA) is 22.9 Å². The van der Waals surface area contributed by atoms with Gasteiger partial charge in [0.1, 0.15) is 18.8 Å². The highest BCUT2D eigenvalue weighted by Crippen LogP contribution is 2.21. The fourth-order valence-corrected chi connectivity index (χ4v) is 2.42. The Morgan fingerprint density at radius 1 is 1.33 bits per heavy atom. The first-order valence-corrected chi connectivity index (χ1v) is 6.94. The Hall–Kier alpha value is -0.770. The molecule has 0 amide bonds. The van der Waals surface area contributed by atoms with Gasteiger partial charge in [-0.1, -0.05) is 11.6 Å². The number of hydrogen-bond acceptors (Lipinski definition) is 2. The molecule has 0 aromatic heterocycles. The van der Waals surface area contributed by atoms with Crippen LogP contribution in [0.15, 0.2) is 18.2 Å². The van der Waals surface area contributed by atoms with Gasteiger partial charge in [0.2, 0.25) is 0 Å². The number of aryl methyl sites for hydroxylation is 1. The van der Waals surface area contributed by atoms with Gasteiger partial charge >= 0.3 is 0 Å². The van der Waals surface area contributed by atoms with E-state index in [2.05, 4.69) is 0 Å². The lowest BCUT2D eigenvalue weighted by Crippen LogP contribution is -3.14. The second-order valence-electron chi connectivity index (χ2n) is 4.72. The third kappa shape index (κ3) is 4.16. The van der Waals surface area contributed by atoms with E-state index >= 15 is 0 Å². The summed E-state index contributed by atoms with van der Waals surface area (Å²) in [6, 6.07) is 5.75. The number of quaternary nitrogens is 1. The predicted octanol–water partition coefficient (Wildman–Crippen LogP) is 1.33. The molecule has 1 aromatic carbocycles. The number of benzene rings is 1. The summed E-state index contributed by atoms with van der Waals surface area (Å²) in [5.74, 6) is 0.941. The molecule has 0 aliphatic carbocycles. The van der Waals surface area contributed by atoms with Crippen molar-refractivity contribution >= 4 is 11.6 Å². The van der Waals surface area contributed by atoms with Crippen molar-refractivity contribution in [3.8, 4) is 5.75 Å². The molecule has 0 saturated carbocycles. The Bertz CT molecular complexity index is 378. The van der Waals surface area contributed by atoms with Crippen LogP contribution in [-0.2, 0) is 4.74 Å². The zero-order valence-electron chi connectivity index (χ0n) is 10.9. The summed E-state index contributed by atoms with van der Waals surface area (Å²) in [4.78, 5) is 1.62. The van der Waals surface area contributed by atoms with E-state index in [9.17, 15) is 0 Å². The van der Waals surface area contributed by atoms with Crippen LogP contribution in [0.1, 0.15) is 12.0 Å². The highest BCUT2D eigenvalue weighted by molar-refractivity contribution is 6.30. The first kappa shape index (κ1) is 13.7. The van der Waals surface area contributed by atoms with Gasteiger partial charge in [0.05, 0.1) is 26.4 Å². The van der Waals surface area contributed by atoms with Crippen molar-refractivity contribution in [2.45, 2.75) is 13.3 Å². The molecule has 1 aromatic rings. The molecule has 1 N–H and O–H groups in total. The third-order valence-electron chi connectivity index (χ3n) is 3.27. The minimum atomic E-state index is 0.762. The quantitative estimate of drug-likeness (QED) is 0.816. The maximum atomic E-state index is 5.91. The second-order valence-corrected chi connectivity index (χ2v) is 5.16. The Kier molecular flexibility index (Phi) is 5.29. The van der Waals surface area contributed by atoms with Gasteiger partial charge in [0.25, 0.3) is 0 Å². The van der Waals surface area contributed by atoms with Gasteiger partial charge in [-0.15, -0.1) is 0 Å². The van der Waals surface area contributed by atoms with Crippen LogP contribution < -0.4 is 9.64 Å². The van der Waals surface area contributed by atoms with Crippen LogP contribution in [0.25, 0.3) is 0 Å². The molecule has 1 aliphatic heterocycles. The van der Waals surface area contributed by atoms with E-state index in [-0.39, 0.29) is 0 Å². The van der Waals surface area contributed by atoms with Crippen molar-refractivity contribution in [2.75, 3.05) is 39.5 Å². The van der Waals surface area contributed by atoms with Crippen molar-refractivity contribution in [1.29, 1.82) is 0 Å². The maximum absolute atomic E-state index is 5.91. The molecule has 0 spiro atoms. The van der Waals surface area contributed by atoms with Crippen molar-refractivity contribution in [3.63, 3.8) is 0 Å². The molecule has 1 saturated heterocycles. The van der Waals surface area contributed by atoms with Gasteiger partial charge in [0, 0.05) is 11.4 Å². The molecular weight excluding hydrogens is 250 g/mol. The average Bonchev–Trinajstić information content (AvgIpc) is 2.38. The highest BCUT2D eigenvalue weighted by Gasteiger charge is 2.12. The van der Waals surface area contributed by atoms with Crippen LogP contribution in [-0.4, -0.2) is 39.5 Å². The van der Waals surface area contributed by atoms with Crippen molar-refractivity contribution in [1.82, 2.24) is 0 Å². The Morgan fingerprint density at radius 3 is 2.83 bits per heavy atom. The van der Waals surface area contributed by atoms with Crippen LogP contribution >= 0.6 is 11.6 Å². The summed E-state index contributed by atoms with van der Waals surface area (Å²) in [6.07, 6.45) is 1.08. The minimum absolute atomic E-state index is 0.762. The Morgan fingerprint density at radius 2 is 2.11 bits per heavy atom. The lowest BCUT2D eigenvalue weighted by atomic mass is 10.2. The largest absolute Gasteiger partial charge is 0.493 e. The highest BCUT2D eigenvalue weighted by atomic mass is 35.5. The predicted molar refractivity (Wildman–Crippen MR) is 72.7 cm³/mol. The standard InChI is InChI=1S/C14H20ClNO2/c1-12-11-13(15)3-4-14(12)18-8-2-5-16-6-9-17-10-7-16/h3-4,11H,2,5-10H2,1H3/p+1. The fraction of sp³-hybridized carbons (Fsp3) is 0.571. The van der Waals surface area contributed by atoms with Gasteiger partial charge in [-0.3, -0.25) is 0 Å². The summed E-state index contributed by atoms with van der Waals surface area (Å²) in [5.41, 5.74) is 1.10. The summed E-state index contributed by atoms with van der Waals surface area (Å²) in [7, 11) is 0. The molecule has 0 radical (unpaired) electrons. The minimum Gasteiger partial charge on any atom is -0.493 e. The molecular formula is C14H21ClNO2+. The molecule has 18 heavy (non-hydrogen) atoms. The van der Waals surface area contributed by atoms with Crippen LogP contribution in [0.4, 0.5) is 0 Å². The fourth-order valence-electron chi connectivity index (χ4n) is 2.19. The number of morpholine rings is 1. The van der Waals surface area contributed by atoms with Gasteiger partial charge in [-0.2, -0.15) is 0 Å². The second kappa shape index (κ2) is 6.98. The number of ether oxygens (including phenoxy) is 2. The van der Waals surface area contributed by atoms with Crippen LogP contribution in [0, 0.1) is 6.92 Å². The van der Waals surface area contributed by atoms with E-state index in [0.29, 0.717) is 0 Å². The number of nitrogens with one attached hydrogen (secondary N) is 1. The van der Waals surface area contributed by atoms with Gasteiger partial charge < -0.3 is 14.4 Å². The molecule has 1 aliphatic rings. The van der Waals surface area contributed by atoms with Crippen molar-refractivity contribution < 1.29 is 14.4 Å². The summed E-state index contributed by atoms with van der Waals surface area (Å²) >= 11 is 5.91. The first-order valence-electron chi connectivity index (χ1n) is 6.56. The van der Waals surface area contributed by atoms with E-state index in [1.165, 1.54) is 0 Å². The van der Waals surface area contributed by atoms with Crippen molar-refractivity contribution in [3.05, 3.63) is 28.8 Å².